The zero-order valence-electron chi connectivity index (χ0n) is 11.1. The molecule has 3 rings (SSSR count). The SMILES string of the molecule is O=C([O-])c1cnc2ccc(Cl)cc2c1Nc1ccccc1F. The number of carbonyl (C=O) groups excluding carboxylic acids is 1. The van der Waals surface area contributed by atoms with Gasteiger partial charge in [0.05, 0.1) is 22.9 Å². The van der Waals surface area contributed by atoms with Gasteiger partial charge in [0.15, 0.2) is 0 Å². The lowest BCUT2D eigenvalue weighted by molar-refractivity contribution is -0.254. The monoisotopic (exact) mass is 315 g/mol. The molecule has 6 heteroatoms. The molecule has 0 unspecified atom stereocenters. The van der Waals surface area contributed by atoms with E-state index in [1.807, 2.05) is 0 Å². The summed E-state index contributed by atoms with van der Waals surface area (Å²) in [5.41, 5.74) is 0.710. The highest BCUT2D eigenvalue weighted by atomic mass is 35.5. The van der Waals surface area contributed by atoms with Crippen molar-refractivity contribution >= 4 is 39.8 Å². The number of aromatic carboxylic acids is 1. The molecule has 0 spiro atoms. The van der Waals surface area contributed by atoms with Gasteiger partial charge in [-0.3, -0.25) is 4.98 Å². The Hall–Kier alpha value is -2.66. The third-order valence-electron chi connectivity index (χ3n) is 3.18. The highest BCUT2D eigenvalue weighted by Gasteiger charge is 2.12. The number of carboxylic acids is 1. The molecule has 0 amide bonds. The van der Waals surface area contributed by atoms with Gasteiger partial charge in [-0.05, 0) is 30.3 Å². The Kier molecular flexibility index (Phi) is 3.65. The van der Waals surface area contributed by atoms with Crippen LogP contribution in [0.15, 0.2) is 48.7 Å². The summed E-state index contributed by atoms with van der Waals surface area (Å²) in [4.78, 5) is 15.4. The molecule has 0 saturated carbocycles. The van der Waals surface area contributed by atoms with Crippen molar-refractivity contribution in [3.63, 3.8) is 0 Å². The van der Waals surface area contributed by atoms with Crippen molar-refractivity contribution < 1.29 is 14.3 Å². The lowest BCUT2D eigenvalue weighted by atomic mass is 10.1. The molecule has 0 aliphatic heterocycles. The minimum atomic E-state index is -1.41. The van der Waals surface area contributed by atoms with Crippen LogP contribution in [0, 0.1) is 5.82 Å². The lowest BCUT2D eigenvalue weighted by Gasteiger charge is -2.16. The zero-order valence-corrected chi connectivity index (χ0v) is 11.9. The number of aromatic nitrogens is 1. The lowest BCUT2D eigenvalue weighted by Crippen LogP contribution is -2.23. The van der Waals surface area contributed by atoms with E-state index in [9.17, 15) is 14.3 Å². The number of anilines is 2. The Balaban J connectivity index is 2.25. The summed E-state index contributed by atoms with van der Waals surface area (Å²) in [6.45, 7) is 0. The Morgan fingerprint density at radius 3 is 2.73 bits per heavy atom. The molecule has 1 heterocycles. The third-order valence-corrected chi connectivity index (χ3v) is 3.42. The predicted molar refractivity (Wildman–Crippen MR) is 80.8 cm³/mol. The van der Waals surface area contributed by atoms with Gasteiger partial charge < -0.3 is 15.2 Å². The first-order chi connectivity index (χ1) is 10.6. The Bertz CT molecular complexity index is 883. The van der Waals surface area contributed by atoms with E-state index in [2.05, 4.69) is 10.3 Å². The summed E-state index contributed by atoms with van der Waals surface area (Å²) >= 11 is 5.96. The van der Waals surface area contributed by atoms with Crippen molar-refractivity contribution in [2.75, 3.05) is 5.32 Å². The van der Waals surface area contributed by atoms with Crippen molar-refractivity contribution in [1.82, 2.24) is 4.98 Å². The first-order valence-electron chi connectivity index (χ1n) is 6.37. The van der Waals surface area contributed by atoms with E-state index in [0.29, 0.717) is 15.9 Å². The molecule has 22 heavy (non-hydrogen) atoms. The number of rotatable bonds is 3. The maximum absolute atomic E-state index is 13.8. The van der Waals surface area contributed by atoms with Crippen LogP contribution in [0.1, 0.15) is 10.4 Å². The van der Waals surface area contributed by atoms with Crippen molar-refractivity contribution in [3.8, 4) is 0 Å². The van der Waals surface area contributed by atoms with Gasteiger partial charge >= 0.3 is 0 Å². The van der Waals surface area contributed by atoms with E-state index in [1.165, 1.54) is 18.3 Å². The summed E-state index contributed by atoms with van der Waals surface area (Å²) in [5.74, 6) is -1.91. The highest BCUT2D eigenvalue weighted by molar-refractivity contribution is 6.31. The molecule has 0 bridgehead atoms. The molecule has 2 aromatic carbocycles. The molecular weight excluding hydrogens is 307 g/mol. The fourth-order valence-electron chi connectivity index (χ4n) is 2.15. The second-order valence-electron chi connectivity index (χ2n) is 4.60. The van der Waals surface area contributed by atoms with Gasteiger partial charge in [0.2, 0.25) is 0 Å². The van der Waals surface area contributed by atoms with E-state index in [0.717, 1.165) is 0 Å². The van der Waals surface area contributed by atoms with Crippen molar-refractivity contribution in [3.05, 3.63) is 65.1 Å². The molecule has 0 atom stereocenters. The number of halogens is 2. The topological polar surface area (TPSA) is 65.0 Å². The van der Waals surface area contributed by atoms with Crippen LogP contribution in [-0.4, -0.2) is 11.0 Å². The van der Waals surface area contributed by atoms with Crippen molar-refractivity contribution in [1.29, 1.82) is 0 Å². The fraction of sp³-hybridized carbons (Fsp3) is 0. The summed E-state index contributed by atoms with van der Waals surface area (Å²) in [6, 6.07) is 10.8. The molecular formula is C16H9ClFN2O2-. The maximum atomic E-state index is 13.8. The largest absolute Gasteiger partial charge is 0.545 e. The molecule has 1 N–H and O–H groups in total. The van der Waals surface area contributed by atoms with E-state index in [4.69, 9.17) is 11.6 Å². The van der Waals surface area contributed by atoms with Crippen LogP contribution >= 0.6 is 11.6 Å². The molecule has 0 fully saturated rings. The fourth-order valence-corrected chi connectivity index (χ4v) is 2.32. The first kappa shape index (κ1) is 14.3. The summed E-state index contributed by atoms with van der Waals surface area (Å²) in [5, 5.41) is 15.0. The van der Waals surface area contributed by atoms with Gasteiger partial charge in [-0.15, -0.1) is 0 Å². The van der Waals surface area contributed by atoms with Crippen LogP contribution in [0.5, 0.6) is 0 Å². The van der Waals surface area contributed by atoms with E-state index < -0.39 is 11.8 Å². The van der Waals surface area contributed by atoms with Gasteiger partial charge in [0, 0.05) is 22.2 Å². The molecule has 1 aromatic heterocycles. The summed E-state index contributed by atoms with van der Waals surface area (Å²) < 4.78 is 13.8. The summed E-state index contributed by atoms with van der Waals surface area (Å²) in [6.07, 6.45) is 1.18. The molecule has 0 radical (unpaired) electrons. The maximum Gasteiger partial charge on any atom is 0.146 e. The second-order valence-corrected chi connectivity index (χ2v) is 5.04. The van der Waals surface area contributed by atoms with Crippen LogP contribution in [-0.2, 0) is 0 Å². The average molecular weight is 316 g/mol. The first-order valence-corrected chi connectivity index (χ1v) is 6.75. The smallest absolute Gasteiger partial charge is 0.146 e. The number of carbonyl (C=O) groups is 1. The standard InChI is InChI=1S/C16H10ClFN2O2/c17-9-5-6-13-10(7-9)15(11(8-19-13)16(21)22)20-14-4-2-1-3-12(14)18/h1-8H,(H,19,20)(H,21,22)/p-1. The number of pyridine rings is 1. The van der Waals surface area contributed by atoms with Crippen molar-refractivity contribution in [2.45, 2.75) is 0 Å². The number of hydrogen-bond acceptors (Lipinski definition) is 4. The Morgan fingerprint density at radius 1 is 1.23 bits per heavy atom. The van der Waals surface area contributed by atoms with Gasteiger partial charge in [0.1, 0.15) is 5.82 Å². The molecule has 0 aliphatic rings. The number of nitrogens with zero attached hydrogens (tertiary/aromatic N) is 1. The van der Waals surface area contributed by atoms with E-state index in [-0.39, 0.29) is 16.9 Å². The third kappa shape index (κ3) is 2.58. The average Bonchev–Trinajstić information content (AvgIpc) is 2.49. The van der Waals surface area contributed by atoms with Crippen LogP contribution in [0.2, 0.25) is 5.02 Å². The predicted octanol–water partition coefficient (Wildman–Crippen LogP) is 3.13. The number of benzene rings is 2. The number of carboxylic acid groups (broad SMARTS) is 1. The molecule has 3 aromatic rings. The summed E-state index contributed by atoms with van der Waals surface area (Å²) in [7, 11) is 0. The number of hydrogen-bond donors (Lipinski definition) is 1. The van der Waals surface area contributed by atoms with Gasteiger partial charge in [-0.1, -0.05) is 23.7 Å². The zero-order chi connectivity index (χ0) is 15.7. The van der Waals surface area contributed by atoms with Crippen LogP contribution in [0.25, 0.3) is 10.9 Å². The van der Waals surface area contributed by atoms with Crippen LogP contribution in [0.3, 0.4) is 0 Å². The highest BCUT2D eigenvalue weighted by Crippen LogP contribution is 2.31. The van der Waals surface area contributed by atoms with Gasteiger partial charge in [0.25, 0.3) is 0 Å². The van der Waals surface area contributed by atoms with E-state index in [1.54, 1.807) is 30.3 Å². The number of para-hydroxylation sites is 1. The van der Waals surface area contributed by atoms with Gasteiger partial charge in [-0.2, -0.15) is 0 Å². The minimum Gasteiger partial charge on any atom is -0.545 e. The Labute approximate surface area is 130 Å². The molecule has 4 nitrogen and oxygen atoms in total. The Morgan fingerprint density at radius 2 is 2.00 bits per heavy atom. The van der Waals surface area contributed by atoms with Crippen LogP contribution < -0.4 is 10.4 Å². The van der Waals surface area contributed by atoms with E-state index >= 15 is 0 Å². The van der Waals surface area contributed by atoms with Crippen LogP contribution in [0.4, 0.5) is 15.8 Å². The molecule has 110 valence electrons. The van der Waals surface area contributed by atoms with Gasteiger partial charge in [-0.25, -0.2) is 4.39 Å². The van der Waals surface area contributed by atoms with Crippen molar-refractivity contribution in [2.24, 2.45) is 0 Å². The molecule has 0 saturated heterocycles. The molecule has 0 aliphatic carbocycles. The number of nitrogens with one attached hydrogen (secondary N) is 1. The number of fused-ring (bicyclic) bond motifs is 1. The minimum absolute atomic E-state index is 0.150. The quantitative estimate of drug-likeness (QED) is 0.806. The second kappa shape index (κ2) is 5.61. The normalized spacial score (nSPS) is 10.6.